The molecular formula is C23H20N2S. The van der Waals surface area contributed by atoms with Crippen molar-refractivity contribution in [2.45, 2.75) is 11.7 Å². The van der Waals surface area contributed by atoms with Crippen LogP contribution in [-0.2, 0) is 0 Å². The van der Waals surface area contributed by atoms with E-state index in [1.165, 1.54) is 11.3 Å². The molecule has 1 aliphatic heterocycles. The Morgan fingerprint density at radius 2 is 1.38 bits per heavy atom. The summed E-state index contributed by atoms with van der Waals surface area (Å²) in [6.07, 6.45) is 3.13. The van der Waals surface area contributed by atoms with Gasteiger partial charge in [0.1, 0.15) is 0 Å². The molecule has 3 heteroatoms. The van der Waals surface area contributed by atoms with E-state index >= 15 is 0 Å². The van der Waals surface area contributed by atoms with Gasteiger partial charge in [-0.1, -0.05) is 78.5 Å². The Morgan fingerprint density at radius 1 is 0.769 bits per heavy atom. The highest BCUT2D eigenvalue weighted by Gasteiger charge is 2.22. The molecule has 3 aromatic carbocycles. The molecular weight excluding hydrogens is 336 g/mol. The Bertz CT molecular complexity index is 903. The van der Waals surface area contributed by atoms with Gasteiger partial charge in [-0.2, -0.15) is 0 Å². The normalized spacial score (nSPS) is 18.4. The van der Waals surface area contributed by atoms with Gasteiger partial charge in [0.05, 0.1) is 10.7 Å². The quantitative estimate of drug-likeness (QED) is 0.570. The van der Waals surface area contributed by atoms with E-state index < -0.39 is 0 Å². The number of thioether (sulfide) groups is 1. The fraction of sp³-hybridized carbons (Fsp3) is 0.0870. The van der Waals surface area contributed by atoms with Gasteiger partial charge in [0.25, 0.3) is 0 Å². The number of rotatable bonds is 4. The fourth-order valence-electron chi connectivity index (χ4n) is 2.97. The maximum absolute atomic E-state index is 4.85. The Morgan fingerprint density at radius 3 is 2.08 bits per heavy atom. The van der Waals surface area contributed by atoms with Crippen molar-refractivity contribution < 1.29 is 0 Å². The topological polar surface area (TPSA) is 24.4 Å². The number of anilines is 1. The summed E-state index contributed by atoms with van der Waals surface area (Å²) in [7, 11) is 0. The second-order valence-electron chi connectivity index (χ2n) is 6.17. The lowest BCUT2D eigenvalue weighted by Gasteiger charge is -2.24. The van der Waals surface area contributed by atoms with E-state index in [1.807, 2.05) is 60.3 Å². The summed E-state index contributed by atoms with van der Waals surface area (Å²) < 4.78 is 0. The molecule has 26 heavy (non-hydrogen) atoms. The summed E-state index contributed by atoms with van der Waals surface area (Å²) in [4.78, 5) is 4.85. The van der Waals surface area contributed by atoms with Crippen molar-refractivity contribution >= 4 is 28.2 Å². The van der Waals surface area contributed by atoms with E-state index in [1.54, 1.807) is 0 Å². The van der Waals surface area contributed by atoms with Crippen molar-refractivity contribution in [1.29, 1.82) is 0 Å². The van der Waals surface area contributed by atoms with E-state index in [2.05, 4.69) is 53.9 Å². The molecule has 0 aliphatic carbocycles. The number of hydrogen-bond donors (Lipinski definition) is 1. The lowest BCUT2D eigenvalue weighted by molar-refractivity contribution is 0.920. The predicted molar refractivity (Wildman–Crippen MR) is 113 cm³/mol. The van der Waals surface area contributed by atoms with Crippen LogP contribution < -0.4 is 5.32 Å². The van der Waals surface area contributed by atoms with E-state index in [0.717, 1.165) is 22.8 Å². The van der Waals surface area contributed by atoms with Crippen molar-refractivity contribution in [1.82, 2.24) is 0 Å². The minimum Gasteiger partial charge on any atom is -0.359 e. The zero-order chi connectivity index (χ0) is 17.6. The highest BCUT2D eigenvalue weighted by molar-refractivity contribution is 8.14. The second kappa shape index (κ2) is 8.07. The third-order valence-electron chi connectivity index (χ3n) is 4.21. The van der Waals surface area contributed by atoms with Gasteiger partial charge in [-0.3, -0.25) is 0 Å². The van der Waals surface area contributed by atoms with Crippen LogP contribution in [0.4, 0.5) is 11.4 Å². The van der Waals surface area contributed by atoms with Crippen LogP contribution in [0.1, 0.15) is 17.2 Å². The summed E-state index contributed by atoms with van der Waals surface area (Å²) in [5, 5.41) is 4.96. The summed E-state index contributed by atoms with van der Waals surface area (Å²) in [5.74, 6) is 0. The number of allylic oxidation sites excluding steroid dienone is 1. The molecule has 1 aliphatic rings. The lowest BCUT2D eigenvalue weighted by atomic mass is 10.1. The van der Waals surface area contributed by atoms with E-state index in [9.17, 15) is 0 Å². The molecule has 1 heterocycles. The number of para-hydroxylation sites is 2. The van der Waals surface area contributed by atoms with E-state index in [4.69, 9.17) is 4.99 Å². The monoisotopic (exact) mass is 356 g/mol. The number of benzene rings is 3. The van der Waals surface area contributed by atoms with Gasteiger partial charge < -0.3 is 5.32 Å². The molecule has 0 radical (unpaired) electrons. The SMILES string of the molecule is C1=C(Nc2ccccc2)C[C@H](c2ccccc2)SC1=Nc1ccccc1. The van der Waals surface area contributed by atoms with Gasteiger partial charge in [-0.05, 0) is 35.9 Å². The largest absolute Gasteiger partial charge is 0.359 e. The average Bonchev–Trinajstić information content (AvgIpc) is 2.70. The van der Waals surface area contributed by atoms with Gasteiger partial charge in [-0.15, -0.1) is 0 Å². The summed E-state index contributed by atoms with van der Waals surface area (Å²) in [5.41, 5.74) is 4.62. The summed E-state index contributed by atoms with van der Waals surface area (Å²) in [6.45, 7) is 0. The number of nitrogens with zero attached hydrogens (tertiary/aromatic N) is 1. The summed E-state index contributed by atoms with van der Waals surface area (Å²) >= 11 is 1.83. The Balaban J connectivity index is 1.65. The second-order valence-corrected chi connectivity index (χ2v) is 7.39. The van der Waals surface area contributed by atoms with Crippen LogP contribution >= 0.6 is 11.8 Å². The van der Waals surface area contributed by atoms with Crippen LogP contribution in [0.2, 0.25) is 0 Å². The van der Waals surface area contributed by atoms with Crippen LogP contribution in [0.3, 0.4) is 0 Å². The van der Waals surface area contributed by atoms with Crippen molar-refractivity contribution in [3.8, 4) is 0 Å². The van der Waals surface area contributed by atoms with Gasteiger partial charge in [-0.25, -0.2) is 4.99 Å². The molecule has 0 saturated carbocycles. The lowest BCUT2D eigenvalue weighted by Crippen LogP contribution is -2.12. The maximum atomic E-state index is 4.85. The van der Waals surface area contributed by atoms with E-state index in [-0.39, 0.29) is 0 Å². The van der Waals surface area contributed by atoms with Crippen LogP contribution in [0.5, 0.6) is 0 Å². The average molecular weight is 356 g/mol. The smallest absolute Gasteiger partial charge is 0.0990 e. The van der Waals surface area contributed by atoms with Crippen molar-refractivity contribution in [2.75, 3.05) is 5.32 Å². The third kappa shape index (κ3) is 4.24. The zero-order valence-electron chi connectivity index (χ0n) is 14.4. The molecule has 0 saturated heterocycles. The van der Waals surface area contributed by atoms with Crippen molar-refractivity contribution in [2.24, 2.45) is 4.99 Å². The fourth-order valence-corrected chi connectivity index (χ4v) is 4.18. The molecule has 0 spiro atoms. The first-order chi connectivity index (χ1) is 12.9. The Kier molecular flexibility index (Phi) is 5.17. The highest BCUT2D eigenvalue weighted by Crippen LogP contribution is 2.40. The zero-order valence-corrected chi connectivity index (χ0v) is 15.2. The molecule has 0 fully saturated rings. The van der Waals surface area contributed by atoms with E-state index in [0.29, 0.717) is 5.25 Å². The van der Waals surface area contributed by atoms with Crippen molar-refractivity contribution in [3.05, 3.63) is 108 Å². The van der Waals surface area contributed by atoms with Crippen LogP contribution in [0.15, 0.2) is 108 Å². The van der Waals surface area contributed by atoms with Gasteiger partial charge >= 0.3 is 0 Å². The Hall–Kier alpha value is -2.78. The van der Waals surface area contributed by atoms with Crippen LogP contribution in [0, 0.1) is 0 Å². The first-order valence-corrected chi connectivity index (χ1v) is 9.63. The first-order valence-electron chi connectivity index (χ1n) is 8.75. The molecule has 3 aromatic rings. The predicted octanol–water partition coefficient (Wildman–Crippen LogP) is 6.59. The summed E-state index contributed by atoms with van der Waals surface area (Å²) in [6, 6.07) is 31.1. The number of aliphatic imine (C=N–C) groups is 1. The highest BCUT2D eigenvalue weighted by atomic mass is 32.2. The molecule has 0 aromatic heterocycles. The molecule has 1 atom stereocenters. The molecule has 0 bridgehead atoms. The standard InChI is InChI=1S/C23H20N2S/c1-4-10-18(11-5-1)22-16-21(24-19-12-6-2-7-13-19)17-23(26-22)25-20-14-8-3-9-15-20/h1-15,17,22,24H,16H2/t22-/m1/s1. The minimum absolute atomic E-state index is 0.356. The Labute approximate surface area is 158 Å². The molecule has 0 unspecified atom stereocenters. The van der Waals surface area contributed by atoms with Crippen LogP contribution in [-0.4, -0.2) is 5.04 Å². The van der Waals surface area contributed by atoms with Crippen molar-refractivity contribution in [3.63, 3.8) is 0 Å². The molecule has 4 rings (SSSR count). The minimum atomic E-state index is 0.356. The molecule has 128 valence electrons. The molecule has 0 amide bonds. The van der Waals surface area contributed by atoms with Crippen LogP contribution in [0.25, 0.3) is 0 Å². The maximum Gasteiger partial charge on any atom is 0.0990 e. The van der Waals surface area contributed by atoms with Gasteiger partial charge in [0.15, 0.2) is 0 Å². The molecule has 2 nitrogen and oxygen atoms in total. The van der Waals surface area contributed by atoms with Gasteiger partial charge in [0.2, 0.25) is 0 Å². The number of nitrogens with one attached hydrogen (secondary N) is 1. The first kappa shape index (κ1) is 16.7. The molecule has 1 N–H and O–H groups in total. The number of hydrogen-bond acceptors (Lipinski definition) is 3. The van der Waals surface area contributed by atoms with Gasteiger partial charge in [0, 0.05) is 23.1 Å². The third-order valence-corrected chi connectivity index (χ3v) is 5.39.